The zero-order valence-electron chi connectivity index (χ0n) is 13.1. The zero-order valence-corrected chi connectivity index (χ0v) is 13.1. The molecule has 0 spiro atoms. The van der Waals surface area contributed by atoms with Crippen molar-refractivity contribution < 1.29 is 19.1 Å². The monoisotopic (exact) mass is 310 g/mol. The molecule has 0 unspecified atom stereocenters. The van der Waals surface area contributed by atoms with Crippen LogP contribution < -0.4 is 9.47 Å². The molecule has 2 atom stereocenters. The predicted molar refractivity (Wildman–Crippen MR) is 85.8 cm³/mol. The third kappa shape index (κ3) is 3.26. The average molecular weight is 310 g/mol. The van der Waals surface area contributed by atoms with Crippen LogP contribution in [0.3, 0.4) is 0 Å². The summed E-state index contributed by atoms with van der Waals surface area (Å²) in [6.45, 7) is 2.01. The SMILES string of the molecule is COc1ccc(C(=O)c2ccccc2)c(OC(=O)[C@H]2C[C@H]2C)c1. The minimum Gasteiger partial charge on any atom is -0.497 e. The number of hydrogen-bond donors (Lipinski definition) is 0. The molecule has 1 aliphatic carbocycles. The van der Waals surface area contributed by atoms with E-state index in [1.165, 1.54) is 7.11 Å². The molecule has 0 N–H and O–H groups in total. The molecule has 3 rings (SSSR count). The molecule has 23 heavy (non-hydrogen) atoms. The maximum Gasteiger partial charge on any atom is 0.314 e. The highest BCUT2D eigenvalue weighted by Gasteiger charge is 2.41. The van der Waals surface area contributed by atoms with E-state index in [1.807, 2.05) is 13.0 Å². The summed E-state index contributed by atoms with van der Waals surface area (Å²) in [7, 11) is 1.53. The normalized spacial score (nSPS) is 19.0. The lowest BCUT2D eigenvalue weighted by Gasteiger charge is -2.11. The lowest BCUT2D eigenvalue weighted by atomic mass is 10.0. The second kappa shape index (κ2) is 6.24. The Morgan fingerprint density at radius 2 is 1.78 bits per heavy atom. The number of benzene rings is 2. The molecule has 4 heteroatoms. The maximum atomic E-state index is 12.7. The highest BCUT2D eigenvalue weighted by molar-refractivity contribution is 6.11. The average Bonchev–Trinajstić information content (AvgIpc) is 3.32. The van der Waals surface area contributed by atoms with E-state index in [9.17, 15) is 9.59 Å². The number of ketones is 1. The fourth-order valence-corrected chi connectivity index (χ4v) is 2.48. The number of methoxy groups -OCH3 is 1. The molecule has 0 aliphatic heterocycles. The smallest absolute Gasteiger partial charge is 0.314 e. The van der Waals surface area contributed by atoms with Crippen molar-refractivity contribution in [1.82, 2.24) is 0 Å². The van der Waals surface area contributed by atoms with Crippen molar-refractivity contribution in [1.29, 1.82) is 0 Å². The van der Waals surface area contributed by atoms with Crippen LogP contribution in [0.4, 0.5) is 0 Å². The van der Waals surface area contributed by atoms with Crippen LogP contribution in [0.2, 0.25) is 0 Å². The lowest BCUT2D eigenvalue weighted by molar-refractivity contribution is -0.136. The Balaban J connectivity index is 1.92. The van der Waals surface area contributed by atoms with Crippen LogP contribution in [-0.2, 0) is 4.79 Å². The van der Waals surface area contributed by atoms with Crippen LogP contribution in [0.1, 0.15) is 29.3 Å². The number of carbonyl (C=O) groups excluding carboxylic acids is 2. The Labute approximate surface area is 135 Å². The van der Waals surface area contributed by atoms with E-state index in [1.54, 1.807) is 42.5 Å². The van der Waals surface area contributed by atoms with Crippen molar-refractivity contribution in [3.8, 4) is 11.5 Å². The van der Waals surface area contributed by atoms with Crippen LogP contribution in [0.5, 0.6) is 11.5 Å². The summed E-state index contributed by atoms with van der Waals surface area (Å²) in [5.74, 6) is 0.610. The summed E-state index contributed by atoms with van der Waals surface area (Å²) in [6.07, 6.45) is 0.838. The number of esters is 1. The van der Waals surface area contributed by atoms with E-state index in [2.05, 4.69) is 0 Å². The molecular formula is C19H18O4. The summed E-state index contributed by atoms with van der Waals surface area (Å²) < 4.78 is 10.7. The second-order valence-electron chi connectivity index (χ2n) is 5.80. The Hall–Kier alpha value is -2.62. The minimum absolute atomic E-state index is 0.0686. The largest absolute Gasteiger partial charge is 0.497 e. The predicted octanol–water partition coefficient (Wildman–Crippen LogP) is 3.49. The molecule has 0 aromatic heterocycles. The number of carbonyl (C=O) groups is 2. The summed E-state index contributed by atoms with van der Waals surface area (Å²) in [6, 6.07) is 13.8. The van der Waals surface area contributed by atoms with Gasteiger partial charge in [0.15, 0.2) is 5.78 Å². The first-order chi connectivity index (χ1) is 11.1. The number of ether oxygens (including phenoxy) is 2. The zero-order chi connectivity index (χ0) is 16.4. The van der Waals surface area contributed by atoms with Gasteiger partial charge in [0, 0.05) is 11.6 Å². The third-order valence-electron chi connectivity index (χ3n) is 4.09. The standard InChI is InChI=1S/C19H18O4/c1-12-10-16(12)19(21)23-17-11-14(22-2)8-9-15(17)18(20)13-6-4-3-5-7-13/h3-9,11-12,16H,10H2,1-2H3/t12-,16+/m1/s1. The lowest BCUT2D eigenvalue weighted by Crippen LogP contribution is -2.14. The Bertz CT molecular complexity index is 736. The van der Waals surface area contributed by atoms with Gasteiger partial charge in [-0.25, -0.2) is 0 Å². The van der Waals surface area contributed by atoms with Crippen molar-refractivity contribution in [3.05, 3.63) is 59.7 Å². The topological polar surface area (TPSA) is 52.6 Å². The molecule has 1 saturated carbocycles. The van der Waals surface area contributed by atoms with Crippen molar-refractivity contribution in [2.24, 2.45) is 11.8 Å². The van der Waals surface area contributed by atoms with Gasteiger partial charge >= 0.3 is 5.97 Å². The summed E-state index contributed by atoms with van der Waals surface area (Å²) >= 11 is 0. The minimum atomic E-state index is -0.284. The van der Waals surface area contributed by atoms with Gasteiger partial charge in [-0.2, -0.15) is 0 Å². The molecular weight excluding hydrogens is 292 g/mol. The number of hydrogen-bond acceptors (Lipinski definition) is 4. The molecule has 0 bridgehead atoms. The summed E-state index contributed by atoms with van der Waals surface area (Å²) in [5, 5.41) is 0. The number of rotatable bonds is 5. The van der Waals surface area contributed by atoms with Gasteiger partial charge in [0.05, 0.1) is 18.6 Å². The summed E-state index contributed by atoms with van der Waals surface area (Å²) in [4.78, 5) is 24.8. The van der Waals surface area contributed by atoms with Crippen molar-refractivity contribution in [2.45, 2.75) is 13.3 Å². The maximum absolute atomic E-state index is 12.7. The first-order valence-electron chi connectivity index (χ1n) is 7.59. The molecule has 0 radical (unpaired) electrons. The highest BCUT2D eigenvalue weighted by Crippen LogP contribution is 2.39. The Morgan fingerprint density at radius 1 is 1.09 bits per heavy atom. The quantitative estimate of drug-likeness (QED) is 0.482. The van der Waals surface area contributed by atoms with Crippen LogP contribution in [0, 0.1) is 11.8 Å². The van der Waals surface area contributed by atoms with E-state index in [0.717, 1.165) is 6.42 Å². The van der Waals surface area contributed by atoms with Gasteiger partial charge in [-0.1, -0.05) is 37.3 Å². The molecule has 2 aromatic rings. The van der Waals surface area contributed by atoms with Crippen LogP contribution >= 0.6 is 0 Å². The van der Waals surface area contributed by atoms with Crippen LogP contribution in [-0.4, -0.2) is 18.9 Å². The molecule has 1 fully saturated rings. The van der Waals surface area contributed by atoms with Gasteiger partial charge < -0.3 is 9.47 Å². The van der Waals surface area contributed by atoms with Gasteiger partial charge in [0.2, 0.25) is 0 Å². The Kier molecular flexibility index (Phi) is 4.15. The van der Waals surface area contributed by atoms with Crippen LogP contribution in [0.15, 0.2) is 48.5 Å². The molecule has 0 saturated heterocycles. The van der Waals surface area contributed by atoms with Crippen molar-refractivity contribution in [3.63, 3.8) is 0 Å². The van der Waals surface area contributed by atoms with E-state index in [0.29, 0.717) is 22.8 Å². The highest BCUT2D eigenvalue weighted by atomic mass is 16.5. The van der Waals surface area contributed by atoms with Gasteiger partial charge in [-0.15, -0.1) is 0 Å². The molecule has 0 amide bonds. The molecule has 0 heterocycles. The van der Waals surface area contributed by atoms with Crippen molar-refractivity contribution >= 4 is 11.8 Å². The van der Waals surface area contributed by atoms with Gasteiger partial charge in [0.1, 0.15) is 11.5 Å². The summed E-state index contributed by atoms with van der Waals surface area (Å²) in [5.41, 5.74) is 0.911. The first kappa shape index (κ1) is 15.3. The molecule has 118 valence electrons. The van der Waals surface area contributed by atoms with Gasteiger partial charge in [-0.05, 0) is 24.5 Å². The third-order valence-corrected chi connectivity index (χ3v) is 4.09. The van der Waals surface area contributed by atoms with E-state index in [-0.39, 0.29) is 23.4 Å². The first-order valence-corrected chi connectivity index (χ1v) is 7.59. The van der Waals surface area contributed by atoms with Crippen LogP contribution in [0.25, 0.3) is 0 Å². The van der Waals surface area contributed by atoms with Gasteiger partial charge in [0.25, 0.3) is 0 Å². The Morgan fingerprint density at radius 3 is 2.39 bits per heavy atom. The molecule has 4 nitrogen and oxygen atoms in total. The fourth-order valence-electron chi connectivity index (χ4n) is 2.48. The van der Waals surface area contributed by atoms with E-state index in [4.69, 9.17) is 9.47 Å². The fraction of sp³-hybridized carbons (Fsp3) is 0.263. The second-order valence-corrected chi connectivity index (χ2v) is 5.80. The molecule has 2 aromatic carbocycles. The van der Waals surface area contributed by atoms with E-state index < -0.39 is 0 Å². The van der Waals surface area contributed by atoms with E-state index >= 15 is 0 Å². The van der Waals surface area contributed by atoms with Gasteiger partial charge in [-0.3, -0.25) is 9.59 Å². The van der Waals surface area contributed by atoms with Crippen molar-refractivity contribution in [2.75, 3.05) is 7.11 Å². The molecule has 1 aliphatic rings.